The van der Waals surface area contributed by atoms with Gasteiger partial charge in [0.25, 0.3) is 0 Å². The van der Waals surface area contributed by atoms with Crippen molar-refractivity contribution in [1.29, 1.82) is 0 Å². The molecule has 0 spiro atoms. The van der Waals surface area contributed by atoms with E-state index in [9.17, 15) is 0 Å². The molecule has 0 saturated heterocycles. The topological polar surface area (TPSA) is 46.2 Å². The van der Waals surface area contributed by atoms with Crippen LogP contribution in [0.4, 0.5) is 0 Å². The van der Waals surface area contributed by atoms with Crippen LogP contribution in [0, 0.1) is 0 Å². The van der Waals surface area contributed by atoms with E-state index < -0.39 is 17.4 Å². The second-order valence-electron chi connectivity index (χ2n) is 4.39. The lowest BCUT2D eigenvalue weighted by molar-refractivity contribution is 0.0712. The second kappa shape index (κ2) is 12.2. The fourth-order valence-corrected chi connectivity index (χ4v) is 10.5. The highest BCUT2D eigenvalue weighted by molar-refractivity contribution is 9.09. The minimum absolute atomic E-state index is 0.596. The molecule has 0 aliphatic rings. The van der Waals surface area contributed by atoms with E-state index in [1.807, 2.05) is 34.6 Å². The lowest BCUT2D eigenvalue weighted by atomic mass is 10.9. The highest BCUT2D eigenvalue weighted by Gasteiger charge is 2.46. The minimum Gasteiger partial charge on any atom is -0.394 e. The molecule has 0 fully saturated rings. The quantitative estimate of drug-likeness (QED) is 0.328. The lowest BCUT2D eigenvalue weighted by Crippen LogP contribution is -2.51. The number of rotatable bonds is 14. The molecule has 0 heterocycles. The molecule has 21 heavy (non-hydrogen) atoms. The van der Waals surface area contributed by atoms with Crippen molar-refractivity contribution in [2.75, 3.05) is 38.0 Å². The molecule has 0 unspecified atom stereocenters. The van der Waals surface area contributed by atoms with Gasteiger partial charge in [-0.1, -0.05) is 15.9 Å². The summed E-state index contributed by atoms with van der Waals surface area (Å²) in [4.78, 5) is 0.747. The largest absolute Gasteiger partial charge is 0.500 e. The molecule has 128 valence electrons. The van der Waals surface area contributed by atoms with E-state index in [1.54, 1.807) is 0 Å². The Morgan fingerprint density at radius 1 is 0.619 bits per heavy atom. The van der Waals surface area contributed by atoms with Gasteiger partial charge in [0.15, 0.2) is 0 Å². The van der Waals surface area contributed by atoms with Crippen LogP contribution < -0.4 is 0 Å². The highest BCUT2D eigenvalue weighted by Crippen LogP contribution is 2.26. The zero-order chi connectivity index (χ0) is 16.2. The molecule has 0 atom stereocenters. The summed E-state index contributed by atoms with van der Waals surface area (Å²) in [6.07, 6.45) is 0. The van der Waals surface area contributed by atoms with Gasteiger partial charge >= 0.3 is 17.4 Å². The van der Waals surface area contributed by atoms with Crippen LogP contribution in [0.1, 0.15) is 34.6 Å². The van der Waals surface area contributed by atoms with Crippen molar-refractivity contribution in [2.45, 2.75) is 46.7 Å². The molecule has 0 aromatic heterocycles. The SMILES string of the molecule is CCO[Si](CBr)(CC[Si](OCC)(OCC)OCC)OCC. The van der Waals surface area contributed by atoms with Crippen LogP contribution in [0.3, 0.4) is 0 Å². The van der Waals surface area contributed by atoms with Crippen LogP contribution in [-0.4, -0.2) is 55.4 Å². The van der Waals surface area contributed by atoms with Crippen molar-refractivity contribution in [2.24, 2.45) is 0 Å². The lowest BCUT2D eigenvalue weighted by Gasteiger charge is -2.33. The maximum Gasteiger partial charge on any atom is 0.500 e. The molecule has 8 heteroatoms. The molecule has 0 aliphatic heterocycles. The van der Waals surface area contributed by atoms with E-state index >= 15 is 0 Å². The average Bonchev–Trinajstić information content (AvgIpc) is 2.46. The van der Waals surface area contributed by atoms with Gasteiger partial charge < -0.3 is 22.1 Å². The Balaban J connectivity index is 4.94. The number of hydrogen-bond donors (Lipinski definition) is 0. The van der Waals surface area contributed by atoms with Gasteiger partial charge in [0, 0.05) is 44.0 Å². The van der Waals surface area contributed by atoms with Gasteiger partial charge in [-0.15, -0.1) is 0 Å². The van der Waals surface area contributed by atoms with Crippen molar-refractivity contribution in [1.82, 2.24) is 0 Å². The van der Waals surface area contributed by atoms with Gasteiger partial charge in [0.2, 0.25) is 0 Å². The standard InChI is InChI=1S/C13H31BrO5Si2/c1-6-15-20(13-14,16-7-2)11-12-21(17-8-3,18-9-4)19-10-5/h6-13H2,1-5H3. The summed E-state index contributed by atoms with van der Waals surface area (Å²) in [5.74, 6) is 0. The van der Waals surface area contributed by atoms with E-state index in [-0.39, 0.29) is 0 Å². The second-order valence-corrected chi connectivity index (χ2v) is 12.0. The van der Waals surface area contributed by atoms with E-state index in [0.29, 0.717) is 33.0 Å². The first-order valence-electron chi connectivity index (χ1n) is 7.83. The van der Waals surface area contributed by atoms with Crippen LogP contribution in [0.25, 0.3) is 0 Å². The molecular formula is C13H31BrO5Si2. The third kappa shape index (κ3) is 7.69. The van der Waals surface area contributed by atoms with Crippen LogP contribution >= 0.6 is 15.9 Å². The molecule has 0 amide bonds. The van der Waals surface area contributed by atoms with Gasteiger partial charge in [-0.05, 0) is 40.7 Å². The van der Waals surface area contributed by atoms with Crippen molar-refractivity contribution in [3.8, 4) is 0 Å². The Kier molecular flexibility index (Phi) is 12.6. The summed E-state index contributed by atoms with van der Waals surface area (Å²) >= 11 is 3.56. The Morgan fingerprint density at radius 3 is 1.29 bits per heavy atom. The summed E-state index contributed by atoms with van der Waals surface area (Å²) in [7, 11) is -4.88. The van der Waals surface area contributed by atoms with Gasteiger partial charge in [0.05, 0.1) is 0 Å². The fraction of sp³-hybridized carbons (Fsp3) is 1.00. The first kappa shape index (κ1) is 21.7. The van der Waals surface area contributed by atoms with Crippen molar-refractivity contribution in [3.05, 3.63) is 0 Å². The fourth-order valence-electron chi connectivity index (χ4n) is 2.20. The smallest absolute Gasteiger partial charge is 0.394 e. The molecule has 0 radical (unpaired) electrons. The van der Waals surface area contributed by atoms with Crippen molar-refractivity contribution < 1.29 is 22.1 Å². The molecule has 0 rings (SSSR count). The number of hydrogen-bond acceptors (Lipinski definition) is 5. The Labute approximate surface area is 140 Å². The predicted molar refractivity (Wildman–Crippen MR) is 93.0 cm³/mol. The Morgan fingerprint density at radius 2 is 1.00 bits per heavy atom. The molecule has 0 bridgehead atoms. The molecule has 0 aromatic carbocycles. The third-order valence-electron chi connectivity index (χ3n) is 2.92. The van der Waals surface area contributed by atoms with E-state index in [1.165, 1.54) is 0 Å². The van der Waals surface area contributed by atoms with Crippen LogP contribution in [0.15, 0.2) is 0 Å². The normalized spacial score (nSPS) is 12.9. The number of alkyl halides is 1. The van der Waals surface area contributed by atoms with Gasteiger partial charge in [-0.3, -0.25) is 0 Å². The molecular weight excluding hydrogens is 372 g/mol. The predicted octanol–water partition coefficient (Wildman–Crippen LogP) is 3.48. The average molecular weight is 403 g/mol. The highest BCUT2D eigenvalue weighted by atomic mass is 79.9. The molecule has 0 N–H and O–H groups in total. The number of halogens is 1. The maximum atomic E-state index is 5.97. The zero-order valence-electron chi connectivity index (χ0n) is 14.1. The summed E-state index contributed by atoms with van der Waals surface area (Å²) in [6.45, 7) is 13.0. The first-order valence-corrected chi connectivity index (χ1v) is 13.1. The van der Waals surface area contributed by atoms with E-state index in [2.05, 4.69) is 15.9 Å². The molecule has 5 nitrogen and oxygen atoms in total. The Hall–Kier alpha value is 0.714. The van der Waals surface area contributed by atoms with Gasteiger partial charge in [-0.2, -0.15) is 0 Å². The van der Waals surface area contributed by atoms with Crippen LogP contribution in [0.2, 0.25) is 12.1 Å². The van der Waals surface area contributed by atoms with E-state index in [0.717, 1.165) is 17.0 Å². The molecule has 0 saturated carbocycles. The van der Waals surface area contributed by atoms with Crippen LogP contribution in [0.5, 0.6) is 0 Å². The maximum absolute atomic E-state index is 5.97. The summed E-state index contributed by atoms with van der Waals surface area (Å²) in [5, 5.41) is 0. The molecule has 0 aromatic rings. The van der Waals surface area contributed by atoms with E-state index in [4.69, 9.17) is 22.1 Å². The third-order valence-corrected chi connectivity index (χ3v) is 12.1. The minimum atomic E-state index is -2.63. The van der Waals surface area contributed by atoms with Crippen molar-refractivity contribution >= 4 is 33.3 Å². The van der Waals surface area contributed by atoms with Gasteiger partial charge in [0.1, 0.15) is 0 Å². The Bertz CT molecular complexity index is 236. The first-order chi connectivity index (χ1) is 10.1. The van der Waals surface area contributed by atoms with Gasteiger partial charge in [-0.25, -0.2) is 0 Å². The zero-order valence-corrected chi connectivity index (χ0v) is 17.7. The molecule has 0 aliphatic carbocycles. The van der Waals surface area contributed by atoms with Crippen LogP contribution in [-0.2, 0) is 22.1 Å². The summed E-state index contributed by atoms with van der Waals surface area (Å²) < 4.78 is 29.6. The monoisotopic (exact) mass is 402 g/mol. The van der Waals surface area contributed by atoms with Crippen molar-refractivity contribution in [3.63, 3.8) is 0 Å². The summed E-state index contributed by atoms with van der Waals surface area (Å²) in [5.41, 5.74) is 0. The summed E-state index contributed by atoms with van der Waals surface area (Å²) in [6, 6.07) is 1.55.